The van der Waals surface area contributed by atoms with Crippen LogP contribution in [0.2, 0.25) is 0 Å². The van der Waals surface area contributed by atoms with Crippen LogP contribution < -0.4 is 16.4 Å². The minimum absolute atomic E-state index is 0.0635. The monoisotopic (exact) mass is 513 g/mol. The summed E-state index contributed by atoms with van der Waals surface area (Å²) in [5, 5.41) is 16.2. The Kier molecular flexibility index (Phi) is 7.11. The van der Waals surface area contributed by atoms with Gasteiger partial charge in [-0.15, -0.1) is 0 Å². The number of hydrogen-bond donors (Lipinski definition) is 3. The van der Waals surface area contributed by atoms with Gasteiger partial charge in [-0.05, 0) is 42.4 Å². The van der Waals surface area contributed by atoms with Crippen LogP contribution in [0.5, 0.6) is 0 Å². The van der Waals surface area contributed by atoms with E-state index in [0.29, 0.717) is 25.9 Å². The predicted molar refractivity (Wildman–Crippen MR) is 137 cm³/mol. The zero-order valence-electron chi connectivity index (χ0n) is 22.9. The van der Waals surface area contributed by atoms with Crippen LogP contribution in [0.15, 0.2) is 0 Å². The molecule has 4 aliphatic rings. The Morgan fingerprint density at radius 3 is 2.35 bits per heavy atom. The Labute approximate surface area is 220 Å². The number of fused-ring (bicyclic) bond motifs is 1. The summed E-state index contributed by atoms with van der Waals surface area (Å²) in [5.74, 6) is -2.20. The van der Waals surface area contributed by atoms with Crippen LogP contribution in [0.3, 0.4) is 0 Å². The van der Waals surface area contributed by atoms with Crippen LogP contribution in [0.4, 0.5) is 0 Å². The Morgan fingerprint density at radius 1 is 1.19 bits per heavy atom. The van der Waals surface area contributed by atoms with Crippen molar-refractivity contribution < 1.29 is 19.2 Å². The van der Waals surface area contributed by atoms with Gasteiger partial charge in [-0.25, -0.2) is 0 Å². The van der Waals surface area contributed by atoms with Crippen molar-refractivity contribution in [2.24, 2.45) is 45.7 Å². The lowest BCUT2D eigenvalue weighted by atomic mass is 9.73. The second kappa shape index (κ2) is 9.59. The maximum atomic E-state index is 14.1. The minimum atomic E-state index is -0.967. The molecule has 0 radical (unpaired) electrons. The van der Waals surface area contributed by atoms with Crippen LogP contribution in [0, 0.1) is 51.2 Å². The maximum absolute atomic E-state index is 14.1. The summed E-state index contributed by atoms with van der Waals surface area (Å²) in [6, 6.07) is 0.629. The lowest BCUT2D eigenvalue weighted by molar-refractivity contribution is -0.147. The number of nitriles is 1. The molecule has 4 rings (SSSR count). The summed E-state index contributed by atoms with van der Waals surface area (Å²) < 4.78 is 0. The third-order valence-electron chi connectivity index (χ3n) is 9.97. The van der Waals surface area contributed by atoms with E-state index in [9.17, 15) is 24.4 Å². The van der Waals surface area contributed by atoms with E-state index in [1.54, 1.807) is 0 Å². The van der Waals surface area contributed by atoms with Crippen molar-refractivity contribution in [2.45, 2.75) is 91.6 Å². The summed E-state index contributed by atoms with van der Waals surface area (Å²) in [7, 11) is 0. The van der Waals surface area contributed by atoms with Gasteiger partial charge in [-0.3, -0.25) is 19.2 Å². The molecule has 2 heterocycles. The average Bonchev–Trinajstić information content (AvgIpc) is 3.18. The van der Waals surface area contributed by atoms with Gasteiger partial charge in [0.15, 0.2) is 0 Å². The van der Waals surface area contributed by atoms with Gasteiger partial charge < -0.3 is 21.3 Å². The molecule has 2 saturated heterocycles. The number of rotatable bonds is 7. The molecule has 4 N–H and O–H groups in total. The maximum Gasteiger partial charge on any atom is 0.246 e. The molecule has 37 heavy (non-hydrogen) atoms. The third-order valence-corrected chi connectivity index (χ3v) is 9.97. The van der Waals surface area contributed by atoms with Gasteiger partial charge in [-0.2, -0.15) is 5.26 Å². The first-order valence-corrected chi connectivity index (χ1v) is 13.9. The lowest BCUT2D eigenvalue weighted by Gasteiger charge is -2.41. The topological polar surface area (TPSA) is 145 Å². The van der Waals surface area contributed by atoms with Crippen LogP contribution in [0.25, 0.3) is 0 Å². The fraction of sp³-hybridized carbons (Fsp3) is 0.821. The highest BCUT2D eigenvalue weighted by Gasteiger charge is 2.83. The van der Waals surface area contributed by atoms with E-state index >= 15 is 0 Å². The van der Waals surface area contributed by atoms with Crippen molar-refractivity contribution >= 4 is 23.6 Å². The van der Waals surface area contributed by atoms with E-state index < -0.39 is 34.7 Å². The molecule has 6 atom stereocenters. The zero-order chi connectivity index (χ0) is 27.3. The Balaban J connectivity index is 1.63. The first-order valence-electron chi connectivity index (χ1n) is 13.9. The van der Waals surface area contributed by atoms with Gasteiger partial charge in [0.25, 0.3) is 0 Å². The van der Waals surface area contributed by atoms with Crippen LogP contribution >= 0.6 is 0 Å². The van der Waals surface area contributed by atoms with Crippen molar-refractivity contribution in [1.29, 1.82) is 5.26 Å². The normalized spacial score (nSPS) is 32.6. The summed E-state index contributed by atoms with van der Waals surface area (Å²) >= 11 is 0. The molecule has 0 bridgehead atoms. The minimum Gasteiger partial charge on any atom is -0.368 e. The summed E-state index contributed by atoms with van der Waals surface area (Å²) in [6.07, 6.45) is 5.79. The van der Waals surface area contributed by atoms with Gasteiger partial charge in [0.05, 0.1) is 12.0 Å². The quantitative estimate of drug-likeness (QED) is 0.477. The van der Waals surface area contributed by atoms with Crippen LogP contribution in [0.1, 0.15) is 79.6 Å². The molecule has 0 aromatic heterocycles. The molecule has 0 spiro atoms. The number of nitrogens with one attached hydrogen (secondary N) is 2. The van der Waals surface area contributed by atoms with Crippen molar-refractivity contribution in [3.63, 3.8) is 0 Å². The molecule has 4 fully saturated rings. The molecule has 2 aliphatic heterocycles. The van der Waals surface area contributed by atoms with Crippen molar-refractivity contribution in [1.82, 2.24) is 15.5 Å². The smallest absolute Gasteiger partial charge is 0.246 e. The van der Waals surface area contributed by atoms with E-state index in [1.165, 1.54) is 4.90 Å². The highest BCUT2D eigenvalue weighted by molar-refractivity contribution is 5.94. The van der Waals surface area contributed by atoms with Gasteiger partial charge >= 0.3 is 0 Å². The van der Waals surface area contributed by atoms with Gasteiger partial charge in [-0.1, -0.05) is 53.9 Å². The fourth-order valence-corrected chi connectivity index (χ4v) is 7.86. The second-order valence-electron chi connectivity index (χ2n) is 13.3. The summed E-state index contributed by atoms with van der Waals surface area (Å²) in [4.78, 5) is 54.2. The van der Waals surface area contributed by atoms with Crippen LogP contribution in [-0.2, 0) is 19.2 Å². The largest absolute Gasteiger partial charge is 0.368 e. The molecular formula is C28H43N5O4. The number of hydrogen-bond acceptors (Lipinski definition) is 5. The van der Waals surface area contributed by atoms with Gasteiger partial charge in [0.1, 0.15) is 12.1 Å². The number of likely N-dealkylation sites (tertiary alicyclic amines) is 1. The highest BCUT2D eigenvalue weighted by Crippen LogP contribution is 2.78. The lowest BCUT2D eigenvalue weighted by Crippen LogP contribution is -2.61. The van der Waals surface area contributed by atoms with E-state index in [-0.39, 0.29) is 40.9 Å². The fourth-order valence-electron chi connectivity index (χ4n) is 7.86. The van der Waals surface area contributed by atoms with Gasteiger partial charge in [0.2, 0.25) is 23.6 Å². The number of piperidine rings is 1. The molecule has 4 amide bonds. The number of carbonyl (C=O) groups is 4. The molecule has 9 nitrogen and oxygen atoms in total. The molecule has 3 unspecified atom stereocenters. The number of primary amides is 1. The van der Waals surface area contributed by atoms with E-state index in [1.807, 2.05) is 34.6 Å². The Hall–Kier alpha value is -2.63. The SMILES string of the molecule is CC(C)(C)[C@H](NC(=O)C1CCCCC1)C(=O)N1CC2C(C)(C)C2([C@@H](C#N)C[C@H]2CCNC2=O)C1C(N)=O. The first-order chi connectivity index (χ1) is 17.3. The molecule has 204 valence electrons. The number of nitrogens with zero attached hydrogens (tertiary/aromatic N) is 2. The number of carbonyl (C=O) groups excluding carboxylic acids is 4. The van der Waals surface area contributed by atoms with Gasteiger partial charge in [0, 0.05) is 30.3 Å². The van der Waals surface area contributed by atoms with E-state index in [2.05, 4.69) is 16.7 Å². The molecule has 9 heteroatoms. The average molecular weight is 514 g/mol. The summed E-state index contributed by atoms with van der Waals surface area (Å²) in [6.45, 7) is 10.7. The first kappa shape index (κ1) is 27.4. The Bertz CT molecular complexity index is 1010. The highest BCUT2D eigenvalue weighted by atomic mass is 16.2. The summed E-state index contributed by atoms with van der Waals surface area (Å²) in [5.41, 5.74) is 4.20. The van der Waals surface area contributed by atoms with E-state index in [0.717, 1.165) is 32.1 Å². The zero-order valence-corrected chi connectivity index (χ0v) is 22.9. The molecule has 0 aromatic carbocycles. The Morgan fingerprint density at radius 2 is 1.84 bits per heavy atom. The standard InChI is InChI=1S/C28H43N5O4/c1-26(2,3)20(32-24(36)16-9-7-6-8-10-16)25(37)33-15-19-27(4,5)28(19,21(33)22(30)34)18(14-29)13-17-11-12-31-23(17)35/h16-21H,6-13,15H2,1-5H3,(H2,30,34)(H,31,35)(H,32,36)/t17-,18-,19?,20-,21?,28?/m1/s1. The van der Waals surface area contributed by atoms with Crippen molar-refractivity contribution in [3.05, 3.63) is 0 Å². The number of amides is 4. The van der Waals surface area contributed by atoms with E-state index in [4.69, 9.17) is 5.73 Å². The predicted octanol–water partition coefficient (Wildman–Crippen LogP) is 2.10. The number of nitrogens with two attached hydrogens (primary N) is 1. The molecule has 2 saturated carbocycles. The van der Waals surface area contributed by atoms with Crippen molar-refractivity contribution in [2.75, 3.05) is 13.1 Å². The van der Waals surface area contributed by atoms with Crippen molar-refractivity contribution in [3.8, 4) is 6.07 Å². The second-order valence-corrected chi connectivity index (χ2v) is 13.3. The molecule has 2 aliphatic carbocycles. The third kappa shape index (κ3) is 4.40. The molecular weight excluding hydrogens is 470 g/mol. The van der Waals surface area contributed by atoms with Crippen LogP contribution in [-0.4, -0.2) is 53.7 Å². The molecule has 0 aromatic rings.